The molecule has 0 unspecified atom stereocenters. The maximum Gasteiger partial charge on any atom is 0.281 e. The molecule has 1 aromatic carbocycles. The number of methoxy groups -OCH3 is 1. The normalized spacial score (nSPS) is 18.4. The van der Waals surface area contributed by atoms with Crippen LogP contribution in [0, 0.1) is 5.82 Å². The number of nitrogens with one attached hydrogen (secondary N) is 1. The molecular formula is C21H20F5N7O. The molecule has 0 radical (unpaired) electrons. The van der Waals surface area contributed by atoms with E-state index < -0.39 is 37.3 Å². The Labute approximate surface area is 189 Å². The molecule has 0 spiro atoms. The molecule has 1 fully saturated rings. The molecule has 0 saturated carbocycles. The van der Waals surface area contributed by atoms with Gasteiger partial charge in [0, 0.05) is 6.54 Å². The second-order valence-corrected chi connectivity index (χ2v) is 8.24. The first-order valence-corrected chi connectivity index (χ1v) is 10.4. The number of ether oxygens (including phenoxy) is 1. The van der Waals surface area contributed by atoms with Gasteiger partial charge in [-0.05, 0) is 24.7 Å². The maximum absolute atomic E-state index is 15.1. The van der Waals surface area contributed by atoms with Gasteiger partial charge in [0.25, 0.3) is 12.3 Å². The standard InChI is InChI=1S/C21H20F5N7O/c1-31-7-15(21(25,26)9-31)28-20-29-19(34-2)18-17(12(22)6-33(18)30-20)11-3-4-13-14(5-11)32(10-27-13)8-16(23)24/h3-6,10,15-16H,7-9H2,1-2H3,(H,28,30)/t15-/m1/s1. The molecule has 1 atom stereocenters. The number of likely N-dealkylation sites (tertiary alicyclic amines) is 1. The summed E-state index contributed by atoms with van der Waals surface area (Å²) in [5.74, 6) is -3.84. The van der Waals surface area contributed by atoms with Gasteiger partial charge in [0.1, 0.15) is 11.6 Å². The van der Waals surface area contributed by atoms with Gasteiger partial charge in [0.05, 0.1) is 49.3 Å². The molecular weight excluding hydrogens is 461 g/mol. The van der Waals surface area contributed by atoms with Crippen LogP contribution in [0.15, 0.2) is 30.7 Å². The van der Waals surface area contributed by atoms with Crippen LogP contribution in [0.4, 0.5) is 27.9 Å². The summed E-state index contributed by atoms with van der Waals surface area (Å²) in [6, 6.07) is 3.51. The molecule has 3 aromatic heterocycles. The van der Waals surface area contributed by atoms with E-state index >= 15 is 4.39 Å². The number of imidazole rings is 1. The molecule has 5 rings (SSSR count). The van der Waals surface area contributed by atoms with Crippen molar-refractivity contribution in [3.63, 3.8) is 0 Å². The number of fused-ring (bicyclic) bond motifs is 2. The molecule has 4 heterocycles. The van der Waals surface area contributed by atoms with Gasteiger partial charge in [0.15, 0.2) is 5.82 Å². The summed E-state index contributed by atoms with van der Waals surface area (Å²) in [6.45, 7) is -0.882. The number of aromatic nitrogens is 5. The van der Waals surface area contributed by atoms with Crippen LogP contribution in [0.2, 0.25) is 0 Å². The molecule has 0 bridgehead atoms. The summed E-state index contributed by atoms with van der Waals surface area (Å²) >= 11 is 0. The van der Waals surface area contributed by atoms with Gasteiger partial charge in [-0.25, -0.2) is 31.5 Å². The van der Waals surface area contributed by atoms with Crippen LogP contribution in [0.5, 0.6) is 5.88 Å². The van der Waals surface area contributed by atoms with Gasteiger partial charge in [-0.2, -0.15) is 4.98 Å². The number of hydrogen-bond acceptors (Lipinski definition) is 6. The Morgan fingerprint density at radius 2 is 2.09 bits per heavy atom. The van der Waals surface area contributed by atoms with Crippen LogP contribution >= 0.6 is 0 Å². The van der Waals surface area contributed by atoms with Crippen molar-refractivity contribution >= 4 is 22.5 Å². The summed E-state index contributed by atoms with van der Waals surface area (Å²) < 4.78 is 77.2. The summed E-state index contributed by atoms with van der Waals surface area (Å²) in [5, 5.41) is 6.78. The number of hydrogen-bond donors (Lipinski definition) is 1. The Hall–Kier alpha value is -3.48. The van der Waals surface area contributed by atoms with Crippen LogP contribution in [0.25, 0.3) is 27.7 Å². The zero-order chi connectivity index (χ0) is 24.2. The Morgan fingerprint density at radius 3 is 2.76 bits per heavy atom. The minimum absolute atomic E-state index is 0.0350. The van der Waals surface area contributed by atoms with Crippen molar-refractivity contribution in [1.82, 2.24) is 29.0 Å². The fraction of sp³-hybridized carbons (Fsp3) is 0.381. The lowest BCUT2D eigenvalue weighted by atomic mass is 10.1. The molecule has 4 aromatic rings. The van der Waals surface area contributed by atoms with Crippen LogP contribution in [-0.2, 0) is 6.54 Å². The molecule has 1 aliphatic rings. The van der Waals surface area contributed by atoms with E-state index in [4.69, 9.17) is 4.74 Å². The highest BCUT2D eigenvalue weighted by atomic mass is 19.3. The molecule has 1 N–H and O–H groups in total. The average Bonchev–Trinajstić information content (AvgIpc) is 3.39. The number of alkyl halides is 4. The van der Waals surface area contributed by atoms with Crippen molar-refractivity contribution in [3.8, 4) is 17.0 Å². The first-order valence-electron chi connectivity index (χ1n) is 10.4. The van der Waals surface area contributed by atoms with Crippen molar-refractivity contribution in [2.24, 2.45) is 0 Å². The first-order chi connectivity index (χ1) is 16.2. The van der Waals surface area contributed by atoms with E-state index in [2.05, 4.69) is 20.4 Å². The van der Waals surface area contributed by atoms with Crippen molar-refractivity contribution < 1.29 is 26.7 Å². The Morgan fingerprint density at radius 1 is 1.29 bits per heavy atom. The second kappa shape index (κ2) is 8.08. The third kappa shape index (κ3) is 3.79. The lowest BCUT2D eigenvalue weighted by molar-refractivity contribution is 0.00582. The van der Waals surface area contributed by atoms with E-state index in [1.54, 1.807) is 25.2 Å². The minimum atomic E-state index is -3.00. The number of benzene rings is 1. The van der Waals surface area contributed by atoms with Crippen LogP contribution in [0.3, 0.4) is 0 Å². The summed E-state index contributed by atoms with van der Waals surface area (Å²) in [4.78, 5) is 9.76. The van der Waals surface area contributed by atoms with E-state index in [-0.39, 0.29) is 29.5 Å². The highest BCUT2D eigenvalue weighted by Crippen LogP contribution is 2.36. The molecule has 1 aliphatic heterocycles. The van der Waals surface area contributed by atoms with E-state index in [0.717, 1.165) is 10.7 Å². The maximum atomic E-state index is 15.1. The zero-order valence-corrected chi connectivity index (χ0v) is 18.1. The second-order valence-electron chi connectivity index (χ2n) is 8.24. The molecule has 13 heteroatoms. The van der Waals surface area contributed by atoms with Gasteiger partial charge >= 0.3 is 0 Å². The quantitative estimate of drug-likeness (QED) is 0.425. The van der Waals surface area contributed by atoms with E-state index in [1.165, 1.54) is 22.9 Å². The Balaban J connectivity index is 1.58. The van der Waals surface area contributed by atoms with Crippen molar-refractivity contribution in [3.05, 3.63) is 36.5 Å². The number of halogens is 5. The predicted octanol–water partition coefficient (Wildman–Crippen LogP) is 3.52. The Kier molecular flexibility index (Phi) is 5.30. The third-order valence-corrected chi connectivity index (χ3v) is 5.78. The molecule has 1 saturated heterocycles. The molecule has 180 valence electrons. The fourth-order valence-electron chi connectivity index (χ4n) is 4.29. The van der Waals surface area contributed by atoms with Crippen LogP contribution in [0.1, 0.15) is 0 Å². The summed E-state index contributed by atoms with van der Waals surface area (Å²) in [5.41, 5.74) is 1.50. The lowest BCUT2D eigenvalue weighted by Gasteiger charge is -2.19. The van der Waals surface area contributed by atoms with Gasteiger partial charge in [0.2, 0.25) is 11.8 Å². The third-order valence-electron chi connectivity index (χ3n) is 5.78. The largest absolute Gasteiger partial charge is 0.479 e. The minimum Gasteiger partial charge on any atom is -0.479 e. The van der Waals surface area contributed by atoms with Gasteiger partial charge < -0.3 is 14.6 Å². The van der Waals surface area contributed by atoms with E-state index in [9.17, 15) is 17.6 Å². The number of nitrogens with zero attached hydrogens (tertiary/aromatic N) is 6. The smallest absolute Gasteiger partial charge is 0.281 e. The predicted molar refractivity (Wildman–Crippen MR) is 114 cm³/mol. The van der Waals surface area contributed by atoms with Crippen molar-refractivity contribution in [1.29, 1.82) is 0 Å². The topological polar surface area (TPSA) is 72.5 Å². The summed E-state index contributed by atoms with van der Waals surface area (Å²) in [7, 11) is 2.90. The highest BCUT2D eigenvalue weighted by Gasteiger charge is 2.47. The summed E-state index contributed by atoms with van der Waals surface area (Å²) in [6.07, 6.45) is -0.203. The number of likely N-dealkylation sites (N-methyl/N-ethyl adjacent to an activating group) is 1. The SMILES string of the molecule is COc1nc(N[C@@H]2CN(C)CC2(F)F)nn2cc(F)c(-c3ccc4ncn(CC(F)F)c4c3)c12. The molecule has 34 heavy (non-hydrogen) atoms. The number of anilines is 1. The molecule has 0 aliphatic carbocycles. The van der Waals surface area contributed by atoms with Gasteiger partial charge in [-0.15, -0.1) is 5.10 Å². The zero-order valence-electron chi connectivity index (χ0n) is 18.1. The fourth-order valence-corrected chi connectivity index (χ4v) is 4.29. The monoisotopic (exact) mass is 481 g/mol. The lowest BCUT2D eigenvalue weighted by Crippen LogP contribution is -2.38. The Bertz CT molecular complexity index is 1370. The molecule has 8 nitrogen and oxygen atoms in total. The van der Waals surface area contributed by atoms with Gasteiger partial charge in [-0.3, -0.25) is 4.90 Å². The van der Waals surface area contributed by atoms with Gasteiger partial charge in [-0.1, -0.05) is 6.07 Å². The highest BCUT2D eigenvalue weighted by molar-refractivity contribution is 5.90. The number of rotatable bonds is 6. The van der Waals surface area contributed by atoms with Crippen molar-refractivity contribution in [2.75, 3.05) is 32.6 Å². The van der Waals surface area contributed by atoms with E-state index in [1.807, 2.05) is 0 Å². The van der Waals surface area contributed by atoms with Crippen LogP contribution in [-0.4, -0.2) is 74.7 Å². The first kappa shape index (κ1) is 22.3. The average molecular weight is 481 g/mol. The van der Waals surface area contributed by atoms with Crippen molar-refractivity contribution in [2.45, 2.75) is 24.9 Å². The van der Waals surface area contributed by atoms with Crippen LogP contribution < -0.4 is 10.1 Å². The van der Waals surface area contributed by atoms with E-state index in [0.29, 0.717) is 16.6 Å². The molecule has 0 amide bonds.